The van der Waals surface area contributed by atoms with Gasteiger partial charge < -0.3 is 5.32 Å². The summed E-state index contributed by atoms with van der Waals surface area (Å²) in [4.78, 5) is 15.0. The van der Waals surface area contributed by atoms with Crippen molar-refractivity contribution in [1.82, 2.24) is 5.32 Å². The van der Waals surface area contributed by atoms with Gasteiger partial charge in [-0.1, -0.05) is 23.4 Å². The van der Waals surface area contributed by atoms with Crippen molar-refractivity contribution < 1.29 is 30.8 Å². The molecule has 0 bridgehead atoms. The number of nitrogens with one attached hydrogen (secondary N) is 1. The van der Waals surface area contributed by atoms with Crippen molar-refractivity contribution in [3.05, 3.63) is 29.0 Å². The van der Waals surface area contributed by atoms with Crippen LogP contribution in [0.3, 0.4) is 0 Å². The Morgan fingerprint density at radius 3 is 2.46 bits per heavy atom. The van der Waals surface area contributed by atoms with E-state index in [1.165, 1.54) is 0 Å². The highest BCUT2D eigenvalue weighted by atomic mass is 35.5. The van der Waals surface area contributed by atoms with E-state index in [1.807, 2.05) is 0 Å². The molecule has 0 aliphatic carbocycles. The molecule has 0 spiro atoms. The van der Waals surface area contributed by atoms with Crippen molar-refractivity contribution in [2.75, 3.05) is 5.75 Å². The van der Waals surface area contributed by atoms with Crippen molar-refractivity contribution in [2.45, 2.75) is 35.7 Å². The Labute approximate surface area is 156 Å². The van der Waals surface area contributed by atoms with Gasteiger partial charge in [0.2, 0.25) is 5.91 Å². The predicted molar refractivity (Wildman–Crippen MR) is 90.6 cm³/mol. The summed E-state index contributed by atoms with van der Waals surface area (Å²) in [7, 11) is -4.50. The topological polar surface area (TPSA) is 75.6 Å². The number of benzene rings is 1. The Bertz CT molecular complexity index is 869. The molecule has 0 radical (unpaired) electrons. The molecule has 0 fully saturated rings. The number of rotatable bonds is 3. The minimum atomic E-state index is -4.56. The third-order valence-electron chi connectivity index (χ3n) is 3.65. The second-order valence-electron chi connectivity index (χ2n) is 5.85. The van der Waals surface area contributed by atoms with Crippen LogP contribution >= 0.6 is 23.4 Å². The maximum Gasteiger partial charge on any atom is 0.411 e. The van der Waals surface area contributed by atoms with Crippen LogP contribution in [0.1, 0.15) is 13.8 Å². The Hall–Kier alpha value is -1.33. The first kappa shape index (κ1) is 21.0. The molecule has 1 aliphatic rings. The predicted octanol–water partition coefficient (Wildman–Crippen LogP) is 3.18. The summed E-state index contributed by atoms with van der Waals surface area (Å²) in [5.41, 5.74) is 0. The first-order valence-electron chi connectivity index (χ1n) is 7.05. The molecule has 1 N–H and O–H groups in total. The molecule has 2 rings (SSSR count). The first-order chi connectivity index (χ1) is 11.8. The van der Waals surface area contributed by atoms with Crippen LogP contribution in [0.4, 0.5) is 17.6 Å². The van der Waals surface area contributed by atoms with Crippen LogP contribution < -0.4 is 5.32 Å². The molecular weight excluding hydrogens is 420 g/mol. The average molecular weight is 433 g/mol. The van der Waals surface area contributed by atoms with Crippen molar-refractivity contribution in [3.63, 3.8) is 0 Å². The SMILES string of the molecule is CC(C)(C(=O)NC1=NC(C(F)(F)F)CS1)S(=O)(=O)c1ccc(Cl)cc1F. The number of carbonyl (C=O) groups is 1. The fourth-order valence-corrected chi connectivity index (χ4v) is 4.46. The Morgan fingerprint density at radius 1 is 1.35 bits per heavy atom. The van der Waals surface area contributed by atoms with Gasteiger partial charge in [0.15, 0.2) is 21.0 Å². The third-order valence-corrected chi connectivity index (χ3v) is 7.29. The molecule has 1 aromatic rings. The van der Waals surface area contributed by atoms with Crippen LogP contribution in [0, 0.1) is 5.82 Å². The molecule has 1 aromatic carbocycles. The molecule has 0 saturated carbocycles. The highest BCUT2D eigenvalue weighted by Gasteiger charge is 2.46. The van der Waals surface area contributed by atoms with Gasteiger partial charge in [0.25, 0.3) is 0 Å². The number of carbonyl (C=O) groups excluding carboxylic acids is 1. The Balaban J connectivity index is 2.27. The van der Waals surface area contributed by atoms with Gasteiger partial charge in [-0.25, -0.2) is 17.8 Å². The molecule has 1 aliphatic heterocycles. The minimum Gasteiger partial charge on any atom is -0.304 e. The van der Waals surface area contributed by atoms with Gasteiger partial charge in [0.05, 0.1) is 0 Å². The Kier molecular flexibility index (Phi) is 5.65. The Morgan fingerprint density at radius 2 is 1.96 bits per heavy atom. The lowest BCUT2D eigenvalue weighted by molar-refractivity contribution is -0.141. The zero-order valence-corrected chi connectivity index (χ0v) is 15.8. The molecule has 1 amide bonds. The van der Waals surface area contributed by atoms with Crippen LogP contribution in [0.5, 0.6) is 0 Å². The number of amides is 1. The van der Waals surface area contributed by atoms with E-state index in [1.54, 1.807) is 0 Å². The van der Waals surface area contributed by atoms with E-state index in [4.69, 9.17) is 11.6 Å². The average Bonchev–Trinajstić information content (AvgIpc) is 2.95. The van der Waals surface area contributed by atoms with E-state index in [0.717, 1.165) is 32.0 Å². The lowest BCUT2D eigenvalue weighted by Gasteiger charge is -2.24. The van der Waals surface area contributed by atoms with Crippen LogP contribution in [-0.4, -0.2) is 42.2 Å². The zero-order chi connectivity index (χ0) is 19.9. The summed E-state index contributed by atoms with van der Waals surface area (Å²) in [6, 6.07) is 0.879. The number of alkyl halides is 3. The molecule has 5 nitrogen and oxygen atoms in total. The van der Waals surface area contributed by atoms with Crippen LogP contribution in [-0.2, 0) is 14.6 Å². The normalized spacial score (nSPS) is 18.6. The maximum absolute atomic E-state index is 14.0. The zero-order valence-electron chi connectivity index (χ0n) is 13.4. The number of hydrogen-bond acceptors (Lipinski definition) is 5. The standard InChI is InChI=1S/C14H13ClF4N2O3S2/c1-13(2,26(23,24)9-4-3-7(15)5-8(9)16)11(22)21-12-20-10(6-25-12)14(17,18)19/h3-5,10H,6H2,1-2H3,(H,20,21,22). The molecule has 26 heavy (non-hydrogen) atoms. The van der Waals surface area contributed by atoms with Gasteiger partial charge >= 0.3 is 6.18 Å². The van der Waals surface area contributed by atoms with Gasteiger partial charge in [-0.3, -0.25) is 4.79 Å². The minimum absolute atomic E-state index is 0.0291. The number of aliphatic imine (C=N–C) groups is 1. The van der Waals surface area contributed by atoms with Crippen LogP contribution in [0.15, 0.2) is 28.1 Å². The largest absolute Gasteiger partial charge is 0.411 e. The van der Waals surface area contributed by atoms with E-state index >= 15 is 0 Å². The van der Waals surface area contributed by atoms with Gasteiger partial charge in [-0.2, -0.15) is 13.2 Å². The second-order valence-corrected chi connectivity index (χ2v) is 9.76. The number of nitrogens with zero attached hydrogens (tertiary/aromatic N) is 1. The number of sulfone groups is 1. The van der Waals surface area contributed by atoms with Gasteiger partial charge in [0.1, 0.15) is 15.5 Å². The van der Waals surface area contributed by atoms with Crippen LogP contribution in [0.25, 0.3) is 0 Å². The smallest absolute Gasteiger partial charge is 0.304 e. The van der Waals surface area contributed by atoms with Crippen molar-refractivity contribution in [1.29, 1.82) is 0 Å². The van der Waals surface area contributed by atoms with E-state index in [0.29, 0.717) is 11.8 Å². The molecule has 12 heteroatoms. The summed E-state index contributed by atoms with van der Waals surface area (Å²) < 4.78 is 75.0. The quantitative estimate of drug-likeness (QED) is 0.744. The summed E-state index contributed by atoms with van der Waals surface area (Å²) in [6.45, 7) is 2.04. The molecule has 0 saturated heterocycles. The van der Waals surface area contributed by atoms with Crippen molar-refractivity contribution in [3.8, 4) is 0 Å². The van der Waals surface area contributed by atoms with E-state index in [9.17, 15) is 30.8 Å². The molecule has 1 heterocycles. The molecule has 0 aromatic heterocycles. The monoisotopic (exact) mass is 432 g/mol. The number of thioether (sulfide) groups is 1. The first-order valence-corrected chi connectivity index (χ1v) is 9.90. The fraction of sp³-hybridized carbons (Fsp3) is 0.429. The second kappa shape index (κ2) is 7.01. The van der Waals surface area contributed by atoms with Gasteiger partial charge in [-0.05, 0) is 32.0 Å². The fourth-order valence-electron chi connectivity index (χ4n) is 1.95. The number of amidine groups is 1. The third kappa shape index (κ3) is 3.99. The molecule has 1 atom stereocenters. The van der Waals surface area contributed by atoms with Crippen molar-refractivity contribution in [2.24, 2.45) is 4.99 Å². The lowest BCUT2D eigenvalue weighted by atomic mass is 10.2. The van der Waals surface area contributed by atoms with E-state index in [2.05, 4.69) is 10.3 Å². The van der Waals surface area contributed by atoms with Gasteiger partial charge in [-0.15, -0.1) is 0 Å². The van der Waals surface area contributed by atoms with Gasteiger partial charge in [0, 0.05) is 10.8 Å². The lowest BCUT2D eigenvalue weighted by Crippen LogP contribution is -2.49. The number of halogens is 5. The van der Waals surface area contributed by atoms with Crippen LogP contribution in [0.2, 0.25) is 5.02 Å². The molecule has 144 valence electrons. The summed E-state index contributed by atoms with van der Waals surface area (Å²) >= 11 is 6.23. The van der Waals surface area contributed by atoms with E-state index < -0.39 is 49.2 Å². The molecule has 1 unspecified atom stereocenters. The highest BCUT2D eigenvalue weighted by Crippen LogP contribution is 2.32. The number of hydrogen-bond donors (Lipinski definition) is 1. The van der Waals surface area contributed by atoms with Crippen molar-refractivity contribution >= 4 is 44.3 Å². The molecular formula is C14H13ClF4N2O3S2. The summed E-state index contributed by atoms with van der Waals surface area (Å²) in [6.07, 6.45) is -4.56. The summed E-state index contributed by atoms with van der Waals surface area (Å²) in [5.74, 6) is -2.68. The maximum atomic E-state index is 14.0. The van der Waals surface area contributed by atoms with E-state index in [-0.39, 0.29) is 10.2 Å². The highest BCUT2D eigenvalue weighted by molar-refractivity contribution is 8.14. The summed E-state index contributed by atoms with van der Waals surface area (Å²) in [5, 5.41) is 1.71.